The van der Waals surface area contributed by atoms with E-state index >= 15 is 0 Å². The van der Waals surface area contributed by atoms with E-state index in [2.05, 4.69) is 91.6 Å². The first kappa shape index (κ1) is 20.0. The third-order valence-electron chi connectivity index (χ3n) is 5.47. The largest absolute Gasteiger partial charge is 0.364 e. The maximum Gasteiger partial charge on any atom is 0.191 e. The van der Waals surface area contributed by atoms with Crippen molar-refractivity contribution >= 4 is 22.7 Å². The van der Waals surface area contributed by atoms with Crippen LogP contribution in [0.4, 0.5) is 5.69 Å². The zero-order chi connectivity index (χ0) is 20.8. The lowest BCUT2D eigenvalue weighted by atomic mass is 10.2. The van der Waals surface area contributed by atoms with Gasteiger partial charge in [-0.1, -0.05) is 36.4 Å². The first-order valence-corrected chi connectivity index (χ1v) is 10.6. The summed E-state index contributed by atoms with van der Waals surface area (Å²) in [7, 11) is 1.81. The van der Waals surface area contributed by atoms with Crippen molar-refractivity contribution in [2.24, 2.45) is 4.99 Å². The summed E-state index contributed by atoms with van der Waals surface area (Å²) in [4.78, 5) is 11.4. The zero-order valence-electron chi connectivity index (χ0n) is 17.8. The molecule has 0 saturated heterocycles. The molecule has 0 aliphatic carbocycles. The SMILES string of the molecule is CN=C(NCCCn1c(C)nc2ccccc21)NCc1cccc(N2CC=CC2)c1. The molecule has 156 valence electrons. The fraction of sp³-hybridized carbons (Fsp3) is 0.333. The Morgan fingerprint density at radius 1 is 1.07 bits per heavy atom. The van der Waals surface area contributed by atoms with Gasteiger partial charge in [0.15, 0.2) is 5.96 Å². The molecule has 6 nitrogen and oxygen atoms in total. The molecule has 0 saturated carbocycles. The Bertz CT molecular complexity index is 1040. The molecule has 0 radical (unpaired) electrons. The van der Waals surface area contributed by atoms with Crippen LogP contribution < -0.4 is 15.5 Å². The molecule has 1 aromatic heterocycles. The summed E-state index contributed by atoms with van der Waals surface area (Å²) in [5, 5.41) is 6.85. The molecule has 30 heavy (non-hydrogen) atoms. The van der Waals surface area contributed by atoms with Crippen LogP contribution in [0.3, 0.4) is 0 Å². The van der Waals surface area contributed by atoms with E-state index in [1.165, 1.54) is 16.8 Å². The molecule has 2 aromatic carbocycles. The Hall–Kier alpha value is -3.28. The Morgan fingerprint density at radius 3 is 2.73 bits per heavy atom. The molecule has 2 heterocycles. The van der Waals surface area contributed by atoms with E-state index in [4.69, 9.17) is 0 Å². The first-order chi connectivity index (χ1) is 14.7. The lowest BCUT2D eigenvalue weighted by molar-refractivity contribution is 0.624. The number of anilines is 1. The average Bonchev–Trinajstić information content (AvgIpc) is 3.41. The van der Waals surface area contributed by atoms with Gasteiger partial charge in [0, 0.05) is 45.5 Å². The van der Waals surface area contributed by atoms with Crippen LogP contribution >= 0.6 is 0 Å². The second-order valence-corrected chi connectivity index (χ2v) is 7.55. The Morgan fingerprint density at radius 2 is 1.90 bits per heavy atom. The minimum atomic E-state index is 0.750. The van der Waals surface area contributed by atoms with E-state index in [-0.39, 0.29) is 0 Å². The monoisotopic (exact) mass is 402 g/mol. The molecule has 0 fully saturated rings. The van der Waals surface area contributed by atoms with Crippen molar-refractivity contribution in [2.45, 2.75) is 26.4 Å². The van der Waals surface area contributed by atoms with Crippen molar-refractivity contribution in [1.82, 2.24) is 20.2 Å². The van der Waals surface area contributed by atoms with Gasteiger partial charge in [-0.3, -0.25) is 4.99 Å². The van der Waals surface area contributed by atoms with E-state index in [1.807, 2.05) is 13.1 Å². The summed E-state index contributed by atoms with van der Waals surface area (Å²) in [5.74, 6) is 1.89. The van der Waals surface area contributed by atoms with E-state index < -0.39 is 0 Å². The summed E-state index contributed by atoms with van der Waals surface area (Å²) in [5.41, 5.74) is 4.78. The minimum Gasteiger partial charge on any atom is -0.364 e. The van der Waals surface area contributed by atoms with Crippen LogP contribution in [0.5, 0.6) is 0 Å². The number of para-hydroxylation sites is 2. The summed E-state index contributed by atoms with van der Waals surface area (Å²) < 4.78 is 2.28. The summed E-state index contributed by atoms with van der Waals surface area (Å²) >= 11 is 0. The first-order valence-electron chi connectivity index (χ1n) is 10.6. The van der Waals surface area contributed by atoms with Gasteiger partial charge in [-0.15, -0.1) is 0 Å². The van der Waals surface area contributed by atoms with Crippen molar-refractivity contribution in [2.75, 3.05) is 31.6 Å². The summed E-state index contributed by atoms with van der Waals surface area (Å²) in [6, 6.07) is 17.0. The fourth-order valence-corrected chi connectivity index (χ4v) is 3.88. The van der Waals surface area contributed by atoms with Crippen LogP contribution in [0.25, 0.3) is 11.0 Å². The molecular weight excluding hydrogens is 372 g/mol. The summed E-state index contributed by atoms with van der Waals surface area (Å²) in [6.07, 6.45) is 5.43. The van der Waals surface area contributed by atoms with Crippen LogP contribution in [0.1, 0.15) is 17.8 Å². The average molecular weight is 403 g/mol. The van der Waals surface area contributed by atoms with Crippen molar-refractivity contribution < 1.29 is 0 Å². The van der Waals surface area contributed by atoms with Gasteiger partial charge in [0.05, 0.1) is 11.0 Å². The van der Waals surface area contributed by atoms with Crippen LogP contribution in [0.2, 0.25) is 0 Å². The molecule has 3 aromatic rings. The maximum absolute atomic E-state index is 4.64. The van der Waals surface area contributed by atoms with Crippen LogP contribution in [0, 0.1) is 6.92 Å². The third kappa shape index (κ3) is 4.64. The molecule has 2 N–H and O–H groups in total. The standard InChI is InChI=1S/C24H30N6/c1-19-28-22-11-3-4-12-23(22)30(19)16-8-13-26-24(25-2)27-18-20-9-7-10-21(17-20)29-14-5-6-15-29/h3-7,9-12,17H,8,13-16,18H2,1-2H3,(H2,25,26,27). The number of fused-ring (bicyclic) bond motifs is 1. The predicted octanol–water partition coefficient (Wildman–Crippen LogP) is 3.48. The number of benzene rings is 2. The van der Waals surface area contributed by atoms with Crippen LogP contribution in [0.15, 0.2) is 65.7 Å². The Labute approximate surface area is 178 Å². The van der Waals surface area contributed by atoms with Gasteiger partial charge >= 0.3 is 0 Å². The van der Waals surface area contributed by atoms with Gasteiger partial charge in [0.25, 0.3) is 0 Å². The fourth-order valence-electron chi connectivity index (χ4n) is 3.88. The highest BCUT2D eigenvalue weighted by Gasteiger charge is 2.09. The number of nitrogens with zero attached hydrogens (tertiary/aromatic N) is 4. The lowest BCUT2D eigenvalue weighted by Gasteiger charge is -2.19. The quantitative estimate of drug-likeness (QED) is 0.275. The van der Waals surface area contributed by atoms with E-state index in [9.17, 15) is 0 Å². The molecular formula is C24H30N6. The summed E-state index contributed by atoms with van der Waals surface area (Å²) in [6.45, 7) is 6.59. The highest BCUT2D eigenvalue weighted by atomic mass is 15.2. The van der Waals surface area contributed by atoms with Crippen molar-refractivity contribution in [3.05, 3.63) is 72.1 Å². The van der Waals surface area contributed by atoms with Crippen LogP contribution in [-0.4, -0.2) is 42.2 Å². The Kier molecular flexibility index (Phi) is 6.32. The van der Waals surface area contributed by atoms with Crippen molar-refractivity contribution in [3.8, 4) is 0 Å². The zero-order valence-corrected chi connectivity index (χ0v) is 17.8. The predicted molar refractivity (Wildman–Crippen MR) is 125 cm³/mol. The van der Waals surface area contributed by atoms with Gasteiger partial charge in [-0.25, -0.2) is 4.98 Å². The number of rotatable bonds is 7. The molecule has 6 heteroatoms. The normalized spacial score (nSPS) is 13.9. The number of guanidine groups is 1. The van der Waals surface area contributed by atoms with Crippen molar-refractivity contribution in [3.63, 3.8) is 0 Å². The number of hydrogen-bond donors (Lipinski definition) is 2. The van der Waals surface area contributed by atoms with Crippen molar-refractivity contribution in [1.29, 1.82) is 0 Å². The molecule has 0 unspecified atom stereocenters. The second kappa shape index (κ2) is 9.48. The molecule has 0 bridgehead atoms. The van der Waals surface area contributed by atoms with E-state index in [0.717, 1.165) is 56.4 Å². The van der Waals surface area contributed by atoms with Gasteiger partial charge in [0.2, 0.25) is 0 Å². The van der Waals surface area contributed by atoms with E-state index in [0.29, 0.717) is 0 Å². The molecule has 4 rings (SSSR count). The molecule has 1 aliphatic heterocycles. The number of aromatic nitrogens is 2. The number of hydrogen-bond acceptors (Lipinski definition) is 3. The Balaban J connectivity index is 1.25. The number of aliphatic imine (C=N–C) groups is 1. The van der Waals surface area contributed by atoms with Gasteiger partial charge in [-0.2, -0.15) is 0 Å². The van der Waals surface area contributed by atoms with Gasteiger partial charge < -0.3 is 20.1 Å². The highest BCUT2D eigenvalue weighted by molar-refractivity contribution is 5.79. The van der Waals surface area contributed by atoms with Gasteiger partial charge in [-0.05, 0) is 43.2 Å². The lowest BCUT2D eigenvalue weighted by Crippen LogP contribution is -2.37. The number of aryl methyl sites for hydroxylation is 2. The number of imidazole rings is 1. The van der Waals surface area contributed by atoms with Crippen LogP contribution in [-0.2, 0) is 13.1 Å². The molecule has 0 amide bonds. The molecule has 0 atom stereocenters. The third-order valence-corrected chi connectivity index (χ3v) is 5.47. The highest BCUT2D eigenvalue weighted by Crippen LogP contribution is 2.18. The molecule has 0 spiro atoms. The van der Waals surface area contributed by atoms with E-state index in [1.54, 1.807) is 0 Å². The van der Waals surface area contributed by atoms with Gasteiger partial charge in [0.1, 0.15) is 5.82 Å². The minimum absolute atomic E-state index is 0.750. The smallest absolute Gasteiger partial charge is 0.191 e. The maximum atomic E-state index is 4.64. The molecule has 1 aliphatic rings. The topological polar surface area (TPSA) is 57.5 Å². The second-order valence-electron chi connectivity index (χ2n) is 7.55. The number of nitrogens with one attached hydrogen (secondary N) is 2.